The molecule has 1 aromatic carbocycles. The van der Waals surface area contributed by atoms with Crippen LogP contribution in [0.1, 0.15) is 33.2 Å². The summed E-state index contributed by atoms with van der Waals surface area (Å²) in [5.74, 6) is 0. The van der Waals surface area contributed by atoms with E-state index in [4.69, 9.17) is 5.73 Å². The van der Waals surface area contributed by atoms with E-state index < -0.39 is 0 Å². The Morgan fingerprint density at radius 1 is 1.12 bits per heavy atom. The van der Waals surface area contributed by atoms with Gasteiger partial charge in [0.1, 0.15) is 0 Å². The van der Waals surface area contributed by atoms with Crippen molar-refractivity contribution in [2.75, 3.05) is 0 Å². The molecule has 0 fully saturated rings. The summed E-state index contributed by atoms with van der Waals surface area (Å²) in [6.45, 7) is 6.41. The van der Waals surface area contributed by atoms with E-state index in [9.17, 15) is 0 Å². The Hall–Kier alpha value is -1.12. The molecule has 84 valence electrons. The summed E-state index contributed by atoms with van der Waals surface area (Å²) in [6.07, 6.45) is 0. The van der Waals surface area contributed by atoms with Gasteiger partial charge in [-0.1, -0.05) is 23.8 Å². The summed E-state index contributed by atoms with van der Waals surface area (Å²) >= 11 is 1.72. The van der Waals surface area contributed by atoms with E-state index in [-0.39, 0.29) is 6.04 Å². The van der Waals surface area contributed by atoms with E-state index in [0.717, 1.165) is 0 Å². The highest BCUT2D eigenvalue weighted by atomic mass is 32.1. The molecular weight excluding hydrogens is 214 g/mol. The van der Waals surface area contributed by atoms with E-state index in [1.165, 1.54) is 27.1 Å². The molecule has 0 saturated heterocycles. The summed E-state index contributed by atoms with van der Waals surface area (Å²) in [7, 11) is 0. The average Bonchev–Trinajstić information content (AvgIpc) is 2.67. The summed E-state index contributed by atoms with van der Waals surface area (Å²) < 4.78 is 0. The molecule has 2 rings (SSSR count). The summed E-state index contributed by atoms with van der Waals surface area (Å²) in [5.41, 5.74) is 11.5. The quantitative estimate of drug-likeness (QED) is 0.837. The highest BCUT2D eigenvalue weighted by molar-refractivity contribution is 7.10. The van der Waals surface area contributed by atoms with Gasteiger partial charge in [0.15, 0.2) is 0 Å². The Balaban J connectivity index is 2.48. The molecule has 0 aliphatic carbocycles. The summed E-state index contributed by atoms with van der Waals surface area (Å²) in [4.78, 5) is 1.23. The van der Waals surface area contributed by atoms with Crippen LogP contribution < -0.4 is 5.73 Å². The first kappa shape index (κ1) is 11.4. The highest BCUT2D eigenvalue weighted by Crippen LogP contribution is 2.29. The number of hydrogen-bond acceptors (Lipinski definition) is 2. The fourth-order valence-corrected chi connectivity index (χ4v) is 3.03. The molecule has 0 aliphatic rings. The molecule has 0 radical (unpaired) electrons. The lowest BCUT2D eigenvalue weighted by Crippen LogP contribution is -2.13. The van der Waals surface area contributed by atoms with Crippen LogP contribution in [0.4, 0.5) is 0 Å². The average molecular weight is 231 g/mol. The van der Waals surface area contributed by atoms with Crippen molar-refractivity contribution in [1.29, 1.82) is 0 Å². The van der Waals surface area contributed by atoms with E-state index in [0.29, 0.717) is 0 Å². The van der Waals surface area contributed by atoms with Crippen molar-refractivity contribution in [2.45, 2.75) is 26.8 Å². The van der Waals surface area contributed by atoms with Crippen LogP contribution in [0.25, 0.3) is 0 Å². The third-order valence-electron chi connectivity index (χ3n) is 2.90. The molecule has 16 heavy (non-hydrogen) atoms. The first-order chi connectivity index (χ1) is 7.59. The van der Waals surface area contributed by atoms with E-state index in [2.05, 4.69) is 50.4 Å². The fourth-order valence-electron chi connectivity index (χ4n) is 2.29. The molecular formula is C14H17NS. The van der Waals surface area contributed by atoms with Crippen LogP contribution in [0.2, 0.25) is 0 Å². The third kappa shape index (κ3) is 2.04. The zero-order valence-electron chi connectivity index (χ0n) is 9.95. The van der Waals surface area contributed by atoms with Crippen molar-refractivity contribution < 1.29 is 0 Å². The Bertz CT molecular complexity index is 462. The van der Waals surface area contributed by atoms with Crippen LogP contribution in [0.5, 0.6) is 0 Å². The number of hydrogen-bond donors (Lipinski definition) is 1. The lowest BCUT2D eigenvalue weighted by molar-refractivity contribution is 0.870. The topological polar surface area (TPSA) is 26.0 Å². The largest absolute Gasteiger partial charge is 0.320 e. The van der Waals surface area contributed by atoms with E-state index in [1.54, 1.807) is 11.3 Å². The maximum absolute atomic E-state index is 6.32. The molecule has 2 aromatic rings. The van der Waals surface area contributed by atoms with Crippen LogP contribution in [0.3, 0.4) is 0 Å². The molecule has 0 amide bonds. The zero-order valence-corrected chi connectivity index (χ0v) is 10.8. The van der Waals surface area contributed by atoms with E-state index in [1.807, 2.05) is 0 Å². The molecule has 0 aliphatic heterocycles. The fraction of sp³-hybridized carbons (Fsp3) is 0.286. The minimum Gasteiger partial charge on any atom is -0.320 e. The zero-order chi connectivity index (χ0) is 11.7. The Labute approximate surface area is 101 Å². The summed E-state index contributed by atoms with van der Waals surface area (Å²) in [6, 6.07) is 8.58. The molecule has 0 unspecified atom stereocenters. The maximum atomic E-state index is 6.32. The van der Waals surface area contributed by atoms with Gasteiger partial charge in [0, 0.05) is 4.88 Å². The molecule has 0 bridgehead atoms. The van der Waals surface area contributed by atoms with Gasteiger partial charge < -0.3 is 5.73 Å². The molecule has 0 saturated carbocycles. The van der Waals surface area contributed by atoms with Crippen LogP contribution in [0, 0.1) is 20.8 Å². The Morgan fingerprint density at radius 2 is 1.75 bits per heavy atom. The lowest BCUT2D eigenvalue weighted by Gasteiger charge is -2.17. The Morgan fingerprint density at radius 3 is 2.25 bits per heavy atom. The van der Waals surface area contributed by atoms with Crippen molar-refractivity contribution >= 4 is 11.3 Å². The van der Waals surface area contributed by atoms with Crippen molar-refractivity contribution in [3.8, 4) is 0 Å². The molecule has 1 atom stereocenters. The van der Waals surface area contributed by atoms with Crippen LogP contribution in [0.15, 0.2) is 29.6 Å². The molecule has 1 aromatic heterocycles. The van der Waals surface area contributed by atoms with Gasteiger partial charge in [-0.25, -0.2) is 0 Å². The minimum absolute atomic E-state index is 0.0144. The SMILES string of the molecule is Cc1cc(C)c([C@@H](N)c2cccs2)c(C)c1. The van der Waals surface area contributed by atoms with Crippen molar-refractivity contribution in [3.63, 3.8) is 0 Å². The molecule has 2 N–H and O–H groups in total. The second-order valence-corrected chi connectivity index (χ2v) is 5.28. The number of aryl methyl sites for hydroxylation is 3. The van der Waals surface area contributed by atoms with Crippen LogP contribution >= 0.6 is 11.3 Å². The first-order valence-corrected chi connectivity index (χ1v) is 6.34. The predicted octanol–water partition coefficient (Wildman–Crippen LogP) is 3.72. The third-order valence-corrected chi connectivity index (χ3v) is 3.85. The van der Waals surface area contributed by atoms with Crippen molar-refractivity contribution in [3.05, 3.63) is 56.8 Å². The number of nitrogens with two attached hydrogens (primary N) is 1. The highest BCUT2D eigenvalue weighted by Gasteiger charge is 2.14. The first-order valence-electron chi connectivity index (χ1n) is 5.46. The molecule has 1 nitrogen and oxygen atoms in total. The number of rotatable bonds is 2. The van der Waals surface area contributed by atoms with Crippen molar-refractivity contribution in [2.24, 2.45) is 5.73 Å². The molecule has 0 spiro atoms. The van der Waals surface area contributed by atoms with Gasteiger partial charge in [0.05, 0.1) is 6.04 Å². The number of thiophene rings is 1. The van der Waals surface area contributed by atoms with Gasteiger partial charge >= 0.3 is 0 Å². The predicted molar refractivity (Wildman–Crippen MR) is 71.0 cm³/mol. The van der Waals surface area contributed by atoms with Gasteiger partial charge in [-0.15, -0.1) is 11.3 Å². The van der Waals surface area contributed by atoms with Crippen molar-refractivity contribution in [1.82, 2.24) is 0 Å². The minimum atomic E-state index is 0.0144. The second kappa shape index (κ2) is 4.40. The number of benzene rings is 1. The van der Waals surface area contributed by atoms with E-state index >= 15 is 0 Å². The van der Waals surface area contributed by atoms with Gasteiger partial charge in [-0.05, 0) is 48.9 Å². The Kier molecular flexibility index (Phi) is 3.13. The summed E-state index contributed by atoms with van der Waals surface area (Å²) in [5, 5.41) is 2.08. The smallest absolute Gasteiger partial charge is 0.0651 e. The van der Waals surface area contributed by atoms with Gasteiger partial charge in [0.2, 0.25) is 0 Å². The molecule has 2 heteroatoms. The monoisotopic (exact) mass is 231 g/mol. The lowest BCUT2D eigenvalue weighted by atomic mass is 9.94. The van der Waals surface area contributed by atoms with Crippen LogP contribution in [-0.2, 0) is 0 Å². The maximum Gasteiger partial charge on any atom is 0.0651 e. The molecule has 1 heterocycles. The van der Waals surface area contributed by atoms with Crippen LogP contribution in [-0.4, -0.2) is 0 Å². The van der Waals surface area contributed by atoms with Gasteiger partial charge in [-0.2, -0.15) is 0 Å². The van der Waals surface area contributed by atoms with Gasteiger partial charge in [0.25, 0.3) is 0 Å². The normalized spacial score (nSPS) is 12.8. The standard InChI is InChI=1S/C14H17NS/c1-9-7-10(2)13(11(3)8-9)14(15)12-5-4-6-16-12/h4-8,14H,15H2,1-3H3/t14-/m0/s1. The van der Waals surface area contributed by atoms with Gasteiger partial charge in [-0.3, -0.25) is 0 Å². The second-order valence-electron chi connectivity index (χ2n) is 4.31.